The number of hydrogen-bond acceptors (Lipinski definition) is 1. The van der Waals surface area contributed by atoms with E-state index in [0.29, 0.717) is 12.1 Å². The predicted octanol–water partition coefficient (Wildman–Crippen LogP) is 3.93. The van der Waals surface area contributed by atoms with Crippen molar-refractivity contribution in [3.05, 3.63) is 0 Å². The molecule has 1 N–H and O–H groups in total. The minimum Gasteiger partial charge on any atom is -0.333 e. The summed E-state index contributed by atoms with van der Waals surface area (Å²) in [6, 6.07) is 1.08. The molecule has 1 saturated heterocycles. The lowest BCUT2D eigenvalue weighted by Crippen LogP contribution is -2.37. The van der Waals surface area contributed by atoms with Crippen LogP contribution in [-0.4, -0.2) is 29.6 Å². The van der Waals surface area contributed by atoms with Crippen molar-refractivity contribution < 1.29 is 4.79 Å². The van der Waals surface area contributed by atoms with Gasteiger partial charge in [0.15, 0.2) is 0 Å². The Hall–Kier alpha value is -0.730. The van der Waals surface area contributed by atoms with Gasteiger partial charge in [0.05, 0.1) is 6.04 Å². The largest absolute Gasteiger partial charge is 0.333 e. The van der Waals surface area contributed by atoms with E-state index in [2.05, 4.69) is 24.1 Å². The molecular formula is C16H30N2O. The third kappa shape index (κ3) is 3.64. The van der Waals surface area contributed by atoms with Crippen molar-refractivity contribution in [2.75, 3.05) is 6.54 Å². The Morgan fingerprint density at radius 1 is 1.16 bits per heavy atom. The van der Waals surface area contributed by atoms with Gasteiger partial charge in [0.25, 0.3) is 0 Å². The van der Waals surface area contributed by atoms with Gasteiger partial charge in [-0.1, -0.05) is 46.0 Å². The first-order valence-corrected chi connectivity index (χ1v) is 8.33. The Bertz CT molecular complexity index is 280. The summed E-state index contributed by atoms with van der Waals surface area (Å²) in [7, 11) is 0. The Labute approximate surface area is 118 Å². The van der Waals surface area contributed by atoms with Crippen molar-refractivity contribution in [3.8, 4) is 0 Å². The van der Waals surface area contributed by atoms with Crippen LogP contribution in [0.4, 0.5) is 4.79 Å². The molecule has 1 heterocycles. The molecule has 1 saturated carbocycles. The van der Waals surface area contributed by atoms with Gasteiger partial charge in [-0.25, -0.2) is 4.79 Å². The van der Waals surface area contributed by atoms with Gasteiger partial charge in [0.2, 0.25) is 0 Å². The van der Waals surface area contributed by atoms with Gasteiger partial charge in [0, 0.05) is 12.6 Å². The molecule has 1 atom stereocenters. The number of carbonyl (C=O) groups excluding carboxylic acids is 1. The standard InChI is InChI=1S/C16H30N2O/c1-3-8-14(9-4-2)18-12-15(17-16(18)19)13-10-6-5-7-11-13/h13-15H,3-12H2,1-2H3,(H,17,19). The average molecular weight is 266 g/mol. The number of rotatable bonds is 6. The van der Waals surface area contributed by atoms with Gasteiger partial charge < -0.3 is 10.2 Å². The van der Waals surface area contributed by atoms with Gasteiger partial charge in [0.1, 0.15) is 0 Å². The number of urea groups is 1. The molecule has 1 aliphatic heterocycles. The van der Waals surface area contributed by atoms with E-state index in [1.54, 1.807) is 0 Å². The van der Waals surface area contributed by atoms with E-state index < -0.39 is 0 Å². The number of nitrogens with zero attached hydrogens (tertiary/aromatic N) is 1. The van der Waals surface area contributed by atoms with Crippen LogP contribution in [0.25, 0.3) is 0 Å². The lowest BCUT2D eigenvalue weighted by Gasteiger charge is -2.29. The zero-order chi connectivity index (χ0) is 13.7. The molecule has 0 spiro atoms. The summed E-state index contributed by atoms with van der Waals surface area (Å²) in [6.45, 7) is 5.39. The Balaban J connectivity index is 1.93. The maximum absolute atomic E-state index is 12.2. The number of nitrogens with one attached hydrogen (secondary N) is 1. The fraction of sp³-hybridized carbons (Fsp3) is 0.938. The molecule has 2 aliphatic rings. The number of carbonyl (C=O) groups is 1. The van der Waals surface area contributed by atoms with Crippen molar-refractivity contribution in [2.24, 2.45) is 5.92 Å². The first-order valence-electron chi connectivity index (χ1n) is 8.33. The lowest BCUT2D eigenvalue weighted by atomic mass is 9.84. The van der Waals surface area contributed by atoms with Crippen molar-refractivity contribution in [2.45, 2.75) is 83.7 Å². The summed E-state index contributed by atoms with van der Waals surface area (Å²) in [4.78, 5) is 14.4. The normalized spacial score (nSPS) is 25.1. The first kappa shape index (κ1) is 14.7. The molecule has 0 aromatic rings. The molecular weight excluding hydrogens is 236 g/mol. The van der Waals surface area contributed by atoms with E-state index in [1.165, 1.54) is 44.9 Å². The maximum atomic E-state index is 12.2. The molecule has 2 fully saturated rings. The minimum absolute atomic E-state index is 0.197. The molecule has 3 heteroatoms. The Kier molecular flexibility index (Phi) is 5.53. The van der Waals surface area contributed by atoms with E-state index in [9.17, 15) is 4.79 Å². The van der Waals surface area contributed by atoms with E-state index in [-0.39, 0.29) is 6.03 Å². The second-order valence-electron chi connectivity index (χ2n) is 6.34. The number of amides is 2. The highest BCUT2D eigenvalue weighted by atomic mass is 16.2. The van der Waals surface area contributed by atoms with Gasteiger partial charge >= 0.3 is 6.03 Å². The smallest absolute Gasteiger partial charge is 0.318 e. The first-order chi connectivity index (χ1) is 9.26. The SMILES string of the molecule is CCCC(CCC)N1CC(C2CCCCC2)NC1=O. The molecule has 1 aliphatic carbocycles. The van der Waals surface area contributed by atoms with Crippen LogP contribution in [0.5, 0.6) is 0 Å². The van der Waals surface area contributed by atoms with E-state index in [0.717, 1.165) is 25.3 Å². The van der Waals surface area contributed by atoms with Gasteiger partial charge in [-0.3, -0.25) is 0 Å². The van der Waals surface area contributed by atoms with Gasteiger partial charge in [-0.2, -0.15) is 0 Å². The average Bonchev–Trinajstić information content (AvgIpc) is 2.82. The fourth-order valence-electron chi connectivity index (χ4n) is 3.82. The third-order valence-electron chi connectivity index (χ3n) is 4.87. The molecule has 19 heavy (non-hydrogen) atoms. The van der Waals surface area contributed by atoms with E-state index in [4.69, 9.17) is 0 Å². The van der Waals surface area contributed by atoms with Crippen LogP contribution in [0.2, 0.25) is 0 Å². The third-order valence-corrected chi connectivity index (χ3v) is 4.87. The molecule has 0 radical (unpaired) electrons. The predicted molar refractivity (Wildman–Crippen MR) is 79.2 cm³/mol. The Morgan fingerprint density at radius 2 is 1.79 bits per heavy atom. The summed E-state index contributed by atoms with van der Waals surface area (Å²) in [5, 5.41) is 3.26. The second kappa shape index (κ2) is 7.16. The summed E-state index contributed by atoms with van der Waals surface area (Å²) in [6.07, 6.45) is 11.3. The molecule has 2 rings (SSSR count). The molecule has 0 aromatic heterocycles. The summed E-state index contributed by atoms with van der Waals surface area (Å²) < 4.78 is 0. The van der Waals surface area contributed by atoms with Crippen molar-refractivity contribution in [1.29, 1.82) is 0 Å². The van der Waals surface area contributed by atoms with Crippen LogP contribution in [0.15, 0.2) is 0 Å². The van der Waals surface area contributed by atoms with Crippen LogP contribution >= 0.6 is 0 Å². The van der Waals surface area contributed by atoms with Gasteiger partial charge in [-0.15, -0.1) is 0 Å². The fourth-order valence-corrected chi connectivity index (χ4v) is 3.82. The molecule has 1 unspecified atom stereocenters. The summed E-state index contributed by atoms with van der Waals surface area (Å²) in [5.74, 6) is 0.728. The van der Waals surface area contributed by atoms with Crippen molar-refractivity contribution in [1.82, 2.24) is 10.2 Å². The second-order valence-corrected chi connectivity index (χ2v) is 6.34. The maximum Gasteiger partial charge on any atom is 0.318 e. The van der Waals surface area contributed by atoms with Gasteiger partial charge in [-0.05, 0) is 31.6 Å². The number of hydrogen-bond donors (Lipinski definition) is 1. The molecule has 3 nitrogen and oxygen atoms in total. The monoisotopic (exact) mass is 266 g/mol. The topological polar surface area (TPSA) is 32.3 Å². The van der Waals surface area contributed by atoms with E-state index >= 15 is 0 Å². The van der Waals surface area contributed by atoms with Crippen molar-refractivity contribution in [3.63, 3.8) is 0 Å². The van der Waals surface area contributed by atoms with Crippen LogP contribution in [0.1, 0.15) is 71.6 Å². The summed E-state index contributed by atoms with van der Waals surface area (Å²) in [5.41, 5.74) is 0. The minimum atomic E-state index is 0.197. The molecule has 110 valence electrons. The molecule has 2 amide bonds. The lowest BCUT2D eigenvalue weighted by molar-refractivity contribution is 0.186. The molecule has 0 bridgehead atoms. The van der Waals surface area contributed by atoms with Crippen molar-refractivity contribution >= 4 is 6.03 Å². The highest BCUT2D eigenvalue weighted by Gasteiger charge is 2.37. The summed E-state index contributed by atoms with van der Waals surface area (Å²) >= 11 is 0. The van der Waals surface area contributed by atoms with E-state index in [1.807, 2.05) is 0 Å². The zero-order valence-electron chi connectivity index (χ0n) is 12.7. The highest BCUT2D eigenvalue weighted by Crippen LogP contribution is 2.30. The van der Waals surface area contributed by atoms with Crippen LogP contribution in [0.3, 0.4) is 0 Å². The van der Waals surface area contributed by atoms with Crippen LogP contribution in [0, 0.1) is 5.92 Å². The quantitative estimate of drug-likeness (QED) is 0.776. The van der Waals surface area contributed by atoms with Crippen LogP contribution < -0.4 is 5.32 Å². The Morgan fingerprint density at radius 3 is 2.37 bits per heavy atom. The van der Waals surface area contributed by atoms with Crippen LogP contribution in [-0.2, 0) is 0 Å². The highest BCUT2D eigenvalue weighted by molar-refractivity contribution is 5.77. The zero-order valence-corrected chi connectivity index (χ0v) is 12.7. The molecule has 0 aromatic carbocycles.